The molecule has 0 amide bonds. The normalized spacial score (nSPS) is 15.2. The van der Waals surface area contributed by atoms with Crippen LogP contribution in [0.2, 0.25) is 5.02 Å². The van der Waals surface area contributed by atoms with Crippen molar-refractivity contribution in [2.75, 3.05) is 32.1 Å². The summed E-state index contributed by atoms with van der Waals surface area (Å²) in [5, 5.41) is 3.67. The summed E-state index contributed by atoms with van der Waals surface area (Å²) in [6.45, 7) is 11.5. The first-order valence-corrected chi connectivity index (χ1v) is 12.7. The SMILES string of the molecule is CC.CC.COc1cc2ncnc(Nc3cccc(Cl)c3F)c2cc1OC1CCCN(CC(C)=O)C1. The zero-order chi connectivity index (χ0) is 26.7. The number of aromatic nitrogens is 2. The highest BCUT2D eigenvalue weighted by Crippen LogP contribution is 2.36. The number of ketones is 1. The number of benzene rings is 2. The monoisotopic (exact) mass is 518 g/mol. The van der Waals surface area contributed by atoms with Crippen LogP contribution in [0.15, 0.2) is 36.7 Å². The van der Waals surface area contributed by atoms with E-state index in [9.17, 15) is 9.18 Å². The lowest BCUT2D eigenvalue weighted by Crippen LogP contribution is -2.43. The number of likely N-dealkylation sites (tertiary alicyclic amines) is 1. The summed E-state index contributed by atoms with van der Waals surface area (Å²) in [6, 6.07) is 8.29. The van der Waals surface area contributed by atoms with Crippen LogP contribution in [0, 0.1) is 5.82 Å². The van der Waals surface area contributed by atoms with Gasteiger partial charge < -0.3 is 14.8 Å². The van der Waals surface area contributed by atoms with Crippen molar-refractivity contribution in [1.82, 2.24) is 14.9 Å². The molecule has 1 saturated heterocycles. The number of hydrogen-bond acceptors (Lipinski definition) is 7. The molecule has 36 heavy (non-hydrogen) atoms. The lowest BCUT2D eigenvalue weighted by Gasteiger charge is -2.32. The molecule has 7 nitrogen and oxygen atoms in total. The fraction of sp³-hybridized carbons (Fsp3) is 0.444. The highest BCUT2D eigenvalue weighted by atomic mass is 35.5. The summed E-state index contributed by atoms with van der Waals surface area (Å²) in [4.78, 5) is 22.2. The summed E-state index contributed by atoms with van der Waals surface area (Å²) in [6.07, 6.45) is 3.13. The van der Waals surface area contributed by atoms with Crippen molar-refractivity contribution in [2.24, 2.45) is 0 Å². The number of methoxy groups -OCH3 is 1. The van der Waals surface area contributed by atoms with Crippen molar-refractivity contribution in [2.45, 2.75) is 53.6 Å². The first-order valence-electron chi connectivity index (χ1n) is 12.4. The van der Waals surface area contributed by atoms with Crippen molar-refractivity contribution in [3.63, 3.8) is 0 Å². The van der Waals surface area contributed by atoms with Gasteiger partial charge in [-0.2, -0.15) is 0 Å². The third-order valence-corrected chi connectivity index (χ3v) is 5.62. The van der Waals surface area contributed by atoms with Gasteiger partial charge in [0, 0.05) is 18.0 Å². The molecule has 1 unspecified atom stereocenters. The van der Waals surface area contributed by atoms with Gasteiger partial charge in [-0.1, -0.05) is 45.4 Å². The maximum atomic E-state index is 14.4. The summed E-state index contributed by atoms with van der Waals surface area (Å²) >= 11 is 5.91. The molecule has 2 aromatic carbocycles. The van der Waals surface area contributed by atoms with Crippen LogP contribution in [0.3, 0.4) is 0 Å². The fourth-order valence-corrected chi connectivity index (χ4v) is 4.07. The van der Waals surface area contributed by atoms with Gasteiger partial charge >= 0.3 is 0 Å². The fourth-order valence-electron chi connectivity index (χ4n) is 3.89. The number of nitrogens with zero attached hydrogens (tertiary/aromatic N) is 3. The van der Waals surface area contributed by atoms with E-state index in [0.29, 0.717) is 41.3 Å². The molecule has 3 aromatic rings. The lowest BCUT2D eigenvalue weighted by atomic mass is 10.1. The highest BCUT2D eigenvalue weighted by molar-refractivity contribution is 6.31. The van der Waals surface area contributed by atoms with E-state index in [1.54, 1.807) is 38.3 Å². The van der Waals surface area contributed by atoms with E-state index in [1.165, 1.54) is 12.4 Å². The van der Waals surface area contributed by atoms with E-state index >= 15 is 0 Å². The number of anilines is 2. The number of hydrogen-bond donors (Lipinski definition) is 1. The Balaban J connectivity index is 0.00000109. The Labute approximate surface area is 218 Å². The molecule has 1 fully saturated rings. The molecule has 2 heterocycles. The quantitative estimate of drug-likeness (QED) is 0.374. The van der Waals surface area contributed by atoms with Crippen molar-refractivity contribution < 1.29 is 18.7 Å². The summed E-state index contributed by atoms with van der Waals surface area (Å²) in [5.74, 6) is 1.08. The Kier molecular flexibility index (Phi) is 11.8. The van der Waals surface area contributed by atoms with Crippen LogP contribution >= 0.6 is 11.6 Å². The average Bonchev–Trinajstić information content (AvgIpc) is 2.89. The second-order valence-electron chi connectivity index (χ2n) is 7.79. The summed E-state index contributed by atoms with van der Waals surface area (Å²) < 4.78 is 26.2. The van der Waals surface area contributed by atoms with Gasteiger partial charge in [0.2, 0.25) is 0 Å². The van der Waals surface area contributed by atoms with Gasteiger partial charge in [0.05, 0.1) is 29.9 Å². The number of Topliss-reactive ketones (excluding diaryl/α,β-unsaturated/α-hetero) is 1. The van der Waals surface area contributed by atoms with E-state index in [-0.39, 0.29) is 22.6 Å². The molecule has 0 aliphatic carbocycles. The Bertz CT molecular complexity index is 1150. The van der Waals surface area contributed by atoms with Crippen molar-refractivity contribution >= 4 is 39.8 Å². The molecule has 196 valence electrons. The molecule has 1 aliphatic heterocycles. The van der Waals surface area contributed by atoms with Crippen molar-refractivity contribution in [1.29, 1.82) is 0 Å². The second-order valence-corrected chi connectivity index (χ2v) is 8.20. The number of nitrogens with one attached hydrogen (secondary N) is 1. The number of halogens is 2. The van der Waals surface area contributed by atoms with Gasteiger partial charge in [0.1, 0.15) is 24.0 Å². The zero-order valence-corrected chi connectivity index (χ0v) is 22.7. The Hall–Kier alpha value is -2.97. The van der Waals surface area contributed by atoms with Crippen LogP contribution in [0.1, 0.15) is 47.5 Å². The van der Waals surface area contributed by atoms with Gasteiger partial charge in [0.25, 0.3) is 0 Å². The Morgan fingerprint density at radius 3 is 2.64 bits per heavy atom. The molecule has 1 N–H and O–H groups in total. The largest absolute Gasteiger partial charge is 0.493 e. The Morgan fingerprint density at radius 1 is 1.19 bits per heavy atom. The minimum absolute atomic E-state index is 0.0199. The number of carbonyl (C=O) groups excluding carboxylic acids is 1. The number of fused-ring (bicyclic) bond motifs is 1. The maximum absolute atomic E-state index is 14.4. The summed E-state index contributed by atoms with van der Waals surface area (Å²) in [5.41, 5.74) is 0.832. The van der Waals surface area contributed by atoms with Crippen LogP contribution in [0.5, 0.6) is 11.5 Å². The van der Waals surface area contributed by atoms with Crippen LogP contribution in [-0.2, 0) is 4.79 Å². The molecule has 0 bridgehead atoms. The number of ether oxygens (including phenoxy) is 2. The van der Waals surface area contributed by atoms with E-state index in [0.717, 1.165) is 19.4 Å². The second kappa shape index (κ2) is 14.6. The third-order valence-electron chi connectivity index (χ3n) is 5.33. The molecular weight excluding hydrogens is 483 g/mol. The topological polar surface area (TPSA) is 76.6 Å². The van der Waals surface area contributed by atoms with E-state index in [4.69, 9.17) is 21.1 Å². The molecule has 1 aliphatic rings. The van der Waals surface area contributed by atoms with E-state index < -0.39 is 5.82 Å². The Morgan fingerprint density at radius 2 is 1.94 bits per heavy atom. The molecule has 1 atom stereocenters. The maximum Gasteiger partial charge on any atom is 0.165 e. The first kappa shape index (κ1) is 29.3. The smallest absolute Gasteiger partial charge is 0.165 e. The van der Waals surface area contributed by atoms with Crippen LogP contribution in [-0.4, -0.2) is 53.5 Å². The van der Waals surface area contributed by atoms with Gasteiger partial charge in [-0.15, -0.1) is 0 Å². The third kappa shape index (κ3) is 7.51. The molecular formula is C27H36ClFN4O3. The number of carbonyl (C=O) groups is 1. The van der Waals surface area contributed by atoms with Gasteiger partial charge in [-0.05, 0) is 44.5 Å². The van der Waals surface area contributed by atoms with E-state index in [1.807, 2.05) is 27.7 Å². The predicted molar refractivity (Wildman–Crippen MR) is 144 cm³/mol. The minimum Gasteiger partial charge on any atom is -0.493 e. The van der Waals surface area contributed by atoms with Crippen molar-refractivity contribution in [3.8, 4) is 11.5 Å². The standard InChI is InChI=1S/C23H24ClFN4O3.2C2H6/c1-14(30)11-29-8-4-5-15(12-29)32-21-9-16-19(10-20(21)31-2)26-13-27-23(16)28-18-7-3-6-17(24)22(18)25;2*1-2/h3,6-7,9-10,13,15H,4-5,8,11-12H2,1-2H3,(H,26,27,28);2*1-2H3. The average molecular weight is 519 g/mol. The molecule has 4 rings (SSSR count). The molecule has 1 aromatic heterocycles. The molecule has 0 radical (unpaired) electrons. The van der Waals surface area contributed by atoms with Crippen molar-refractivity contribution in [3.05, 3.63) is 47.5 Å². The first-order chi connectivity index (χ1) is 17.4. The van der Waals surface area contributed by atoms with Gasteiger partial charge in [0.15, 0.2) is 17.3 Å². The summed E-state index contributed by atoms with van der Waals surface area (Å²) in [7, 11) is 1.57. The zero-order valence-electron chi connectivity index (χ0n) is 21.9. The number of rotatable bonds is 7. The molecule has 9 heteroatoms. The van der Waals surface area contributed by atoms with Gasteiger partial charge in [-0.3, -0.25) is 9.69 Å². The highest BCUT2D eigenvalue weighted by Gasteiger charge is 2.24. The van der Waals surface area contributed by atoms with Crippen LogP contribution in [0.25, 0.3) is 10.9 Å². The predicted octanol–water partition coefficient (Wildman–Crippen LogP) is 6.66. The van der Waals surface area contributed by atoms with Gasteiger partial charge in [-0.25, -0.2) is 14.4 Å². The van der Waals surface area contributed by atoms with Crippen LogP contribution < -0.4 is 14.8 Å². The number of piperidine rings is 1. The van der Waals surface area contributed by atoms with E-state index in [2.05, 4.69) is 20.2 Å². The molecule has 0 saturated carbocycles. The minimum atomic E-state index is -0.557. The van der Waals surface area contributed by atoms with Crippen LogP contribution in [0.4, 0.5) is 15.9 Å². The lowest BCUT2D eigenvalue weighted by molar-refractivity contribution is -0.118. The molecule has 0 spiro atoms.